The van der Waals surface area contributed by atoms with Crippen LogP contribution in [0.25, 0.3) is 0 Å². The molecule has 3 rings (SSSR count). The summed E-state index contributed by atoms with van der Waals surface area (Å²) in [5.41, 5.74) is 1.10. The van der Waals surface area contributed by atoms with E-state index in [0.29, 0.717) is 31.5 Å². The molecule has 2 unspecified atom stereocenters. The number of hydrogen-bond donors (Lipinski definition) is 2. The van der Waals surface area contributed by atoms with Crippen molar-refractivity contribution in [2.24, 2.45) is 10.9 Å². The number of imidazole rings is 1. The molecule has 1 aromatic carbocycles. The molecule has 2 heterocycles. The fourth-order valence-corrected chi connectivity index (χ4v) is 3.67. The SMILES string of the molecule is CCNC(=NCCC(=O)NCc1ccccc1)N1CCC(C)C(n2ccnc2)C1.I. The van der Waals surface area contributed by atoms with E-state index in [1.165, 1.54) is 0 Å². The summed E-state index contributed by atoms with van der Waals surface area (Å²) >= 11 is 0. The van der Waals surface area contributed by atoms with Crippen LogP contribution in [0.4, 0.5) is 0 Å². The maximum absolute atomic E-state index is 12.2. The molecular weight excluding hydrogens is 491 g/mol. The van der Waals surface area contributed by atoms with E-state index in [1.807, 2.05) is 49.1 Å². The average molecular weight is 524 g/mol. The molecule has 7 nitrogen and oxygen atoms in total. The largest absolute Gasteiger partial charge is 0.357 e. The molecule has 2 aromatic rings. The lowest BCUT2D eigenvalue weighted by Crippen LogP contribution is -2.49. The number of nitrogens with zero attached hydrogens (tertiary/aromatic N) is 4. The highest BCUT2D eigenvalue weighted by molar-refractivity contribution is 14.0. The van der Waals surface area contributed by atoms with Crippen molar-refractivity contribution in [2.45, 2.75) is 39.3 Å². The highest BCUT2D eigenvalue weighted by atomic mass is 127. The molecule has 1 fully saturated rings. The minimum atomic E-state index is 0. The first-order valence-electron chi connectivity index (χ1n) is 10.5. The Kier molecular flexibility index (Phi) is 10.1. The van der Waals surface area contributed by atoms with E-state index < -0.39 is 0 Å². The van der Waals surface area contributed by atoms with Gasteiger partial charge in [0.2, 0.25) is 5.91 Å². The van der Waals surface area contributed by atoms with Crippen molar-refractivity contribution < 1.29 is 4.79 Å². The summed E-state index contributed by atoms with van der Waals surface area (Å²) in [6.45, 7) is 8.07. The minimum Gasteiger partial charge on any atom is -0.357 e. The van der Waals surface area contributed by atoms with Gasteiger partial charge >= 0.3 is 0 Å². The highest BCUT2D eigenvalue weighted by Gasteiger charge is 2.28. The van der Waals surface area contributed by atoms with E-state index in [4.69, 9.17) is 4.99 Å². The van der Waals surface area contributed by atoms with Crippen LogP contribution in [0, 0.1) is 5.92 Å². The molecule has 1 aliphatic rings. The molecule has 30 heavy (non-hydrogen) atoms. The number of guanidine groups is 1. The van der Waals surface area contributed by atoms with E-state index in [0.717, 1.165) is 37.6 Å². The standard InChI is InChI=1S/C22H32N6O.HI/c1-3-24-22(25-11-9-21(29)26-15-19-7-5-4-6-8-19)27-13-10-18(2)20(16-27)28-14-12-23-17-28;/h4-8,12,14,17-18,20H,3,9-11,13,15-16H2,1-2H3,(H,24,25)(H,26,29);1H. The Hall–Kier alpha value is -2.10. The monoisotopic (exact) mass is 524 g/mol. The summed E-state index contributed by atoms with van der Waals surface area (Å²) in [6.07, 6.45) is 7.25. The maximum Gasteiger partial charge on any atom is 0.222 e. The number of rotatable bonds is 7. The van der Waals surface area contributed by atoms with Crippen LogP contribution >= 0.6 is 24.0 Å². The Morgan fingerprint density at radius 1 is 1.27 bits per heavy atom. The van der Waals surface area contributed by atoms with Crippen molar-refractivity contribution in [1.29, 1.82) is 0 Å². The van der Waals surface area contributed by atoms with Gasteiger partial charge in [-0.15, -0.1) is 24.0 Å². The minimum absolute atomic E-state index is 0. The average Bonchev–Trinajstić information content (AvgIpc) is 3.27. The van der Waals surface area contributed by atoms with E-state index >= 15 is 0 Å². The molecule has 1 aliphatic heterocycles. The Morgan fingerprint density at radius 3 is 2.77 bits per heavy atom. The number of carbonyl (C=O) groups excluding carboxylic acids is 1. The van der Waals surface area contributed by atoms with Crippen molar-refractivity contribution in [3.63, 3.8) is 0 Å². The first-order valence-corrected chi connectivity index (χ1v) is 10.5. The van der Waals surface area contributed by atoms with Crippen LogP contribution in [0.3, 0.4) is 0 Å². The quantitative estimate of drug-likeness (QED) is 0.332. The molecule has 0 saturated carbocycles. The fraction of sp³-hybridized carbons (Fsp3) is 0.500. The normalized spacial score (nSPS) is 19.1. The van der Waals surface area contributed by atoms with Crippen molar-refractivity contribution in [3.8, 4) is 0 Å². The first kappa shape index (κ1) is 24.2. The summed E-state index contributed by atoms with van der Waals surface area (Å²) in [5, 5.41) is 6.35. The lowest BCUT2D eigenvalue weighted by molar-refractivity contribution is -0.121. The number of carbonyl (C=O) groups is 1. The van der Waals surface area contributed by atoms with E-state index in [9.17, 15) is 4.79 Å². The van der Waals surface area contributed by atoms with Crippen molar-refractivity contribution >= 4 is 35.8 Å². The number of halogens is 1. The number of piperidine rings is 1. The van der Waals surface area contributed by atoms with Crippen LogP contribution < -0.4 is 10.6 Å². The number of benzene rings is 1. The zero-order valence-electron chi connectivity index (χ0n) is 17.8. The number of aliphatic imine (C=N–C) groups is 1. The van der Waals surface area contributed by atoms with Gasteiger partial charge in [0.1, 0.15) is 0 Å². The molecule has 0 spiro atoms. The second-order valence-corrected chi connectivity index (χ2v) is 7.54. The summed E-state index contributed by atoms with van der Waals surface area (Å²) < 4.78 is 2.19. The summed E-state index contributed by atoms with van der Waals surface area (Å²) in [6, 6.07) is 10.3. The van der Waals surface area contributed by atoms with Crippen LogP contribution in [-0.4, -0.2) is 52.5 Å². The number of amides is 1. The Bertz CT molecular complexity index is 780. The molecule has 0 radical (unpaired) electrons. The number of nitrogens with one attached hydrogen (secondary N) is 2. The van der Waals surface area contributed by atoms with Gasteiger partial charge in [-0.05, 0) is 24.8 Å². The van der Waals surface area contributed by atoms with Gasteiger partial charge in [0.15, 0.2) is 5.96 Å². The molecule has 1 saturated heterocycles. The molecular formula is C22H33IN6O. The Morgan fingerprint density at radius 2 is 2.07 bits per heavy atom. The first-order chi connectivity index (χ1) is 14.2. The predicted octanol–water partition coefficient (Wildman–Crippen LogP) is 3.06. The third-order valence-corrected chi connectivity index (χ3v) is 5.39. The molecule has 0 aliphatic carbocycles. The van der Waals surface area contributed by atoms with Gasteiger partial charge in [0.25, 0.3) is 0 Å². The predicted molar refractivity (Wildman–Crippen MR) is 131 cm³/mol. The third kappa shape index (κ3) is 7.00. The van der Waals surface area contributed by atoms with Gasteiger partial charge in [-0.25, -0.2) is 4.98 Å². The second-order valence-electron chi connectivity index (χ2n) is 7.54. The fourth-order valence-electron chi connectivity index (χ4n) is 3.67. The number of likely N-dealkylation sites (tertiary alicyclic amines) is 1. The van der Waals surface area contributed by atoms with Crippen LogP contribution in [0.1, 0.15) is 38.3 Å². The highest BCUT2D eigenvalue weighted by Crippen LogP contribution is 2.27. The topological polar surface area (TPSA) is 74.6 Å². The lowest BCUT2D eigenvalue weighted by atomic mass is 9.93. The zero-order valence-corrected chi connectivity index (χ0v) is 20.2. The Balaban J connectivity index is 0.00000320. The van der Waals surface area contributed by atoms with Crippen molar-refractivity contribution in [2.75, 3.05) is 26.2 Å². The summed E-state index contributed by atoms with van der Waals surface area (Å²) in [4.78, 5) is 23.4. The third-order valence-electron chi connectivity index (χ3n) is 5.39. The maximum atomic E-state index is 12.2. The lowest BCUT2D eigenvalue weighted by Gasteiger charge is -2.39. The number of aromatic nitrogens is 2. The van der Waals surface area contributed by atoms with Gasteiger partial charge in [0, 0.05) is 45.0 Å². The van der Waals surface area contributed by atoms with Crippen LogP contribution in [-0.2, 0) is 11.3 Å². The molecule has 1 amide bonds. The molecule has 164 valence electrons. The zero-order chi connectivity index (χ0) is 20.5. The summed E-state index contributed by atoms with van der Waals surface area (Å²) in [7, 11) is 0. The van der Waals surface area contributed by atoms with E-state index in [-0.39, 0.29) is 29.9 Å². The van der Waals surface area contributed by atoms with Crippen LogP contribution in [0.15, 0.2) is 54.0 Å². The molecule has 8 heteroatoms. The van der Waals surface area contributed by atoms with Crippen LogP contribution in [0.5, 0.6) is 0 Å². The van der Waals surface area contributed by atoms with Crippen molar-refractivity contribution in [3.05, 3.63) is 54.6 Å². The van der Waals surface area contributed by atoms with Crippen LogP contribution in [0.2, 0.25) is 0 Å². The number of hydrogen-bond acceptors (Lipinski definition) is 3. The van der Waals surface area contributed by atoms with E-state index in [1.54, 1.807) is 0 Å². The molecule has 2 N–H and O–H groups in total. The van der Waals surface area contributed by atoms with Gasteiger partial charge in [-0.3, -0.25) is 9.79 Å². The molecule has 2 atom stereocenters. The molecule has 1 aromatic heterocycles. The summed E-state index contributed by atoms with van der Waals surface area (Å²) in [5.74, 6) is 1.50. The van der Waals surface area contributed by atoms with E-state index in [2.05, 4.69) is 38.9 Å². The van der Waals surface area contributed by atoms with Gasteiger partial charge < -0.3 is 20.1 Å². The molecule has 0 bridgehead atoms. The second kappa shape index (κ2) is 12.6. The Labute approximate surface area is 196 Å². The van der Waals surface area contributed by atoms with Gasteiger partial charge in [0.05, 0.1) is 18.9 Å². The smallest absolute Gasteiger partial charge is 0.222 e. The van der Waals surface area contributed by atoms with Crippen molar-refractivity contribution in [1.82, 2.24) is 25.1 Å². The van der Waals surface area contributed by atoms with Gasteiger partial charge in [-0.1, -0.05) is 37.3 Å². The van der Waals surface area contributed by atoms with Gasteiger partial charge in [-0.2, -0.15) is 0 Å².